The fourth-order valence-electron chi connectivity index (χ4n) is 4.17. The van der Waals surface area contributed by atoms with Gasteiger partial charge in [0.2, 0.25) is 10.2 Å². The molecule has 1 fully saturated rings. The molecule has 1 saturated heterocycles. The Morgan fingerprint density at radius 1 is 1.06 bits per heavy atom. The Morgan fingerprint density at radius 2 is 1.90 bits per heavy atom. The first kappa shape index (κ1) is 20.1. The lowest BCUT2D eigenvalue weighted by Gasteiger charge is -2.24. The Labute approximate surface area is 182 Å². The summed E-state index contributed by atoms with van der Waals surface area (Å²) in [6, 6.07) is 16.2. The molecule has 6 nitrogen and oxygen atoms in total. The van der Waals surface area contributed by atoms with E-state index in [2.05, 4.69) is 39.7 Å². The lowest BCUT2D eigenvalue weighted by molar-refractivity contribution is 0.412. The molecule has 3 heterocycles. The fraction of sp³-hybridized carbons (Fsp3) is 0.250. The molecule has 2 aromatic heterocycles. The van der Waals surface area contributed by atoms with E-state index in [9.17, 15) is 8.76 Å². The van der Waals surface area contributed by atoms with Crippen molar-refractivity contribution in [3.63, 3.8) is 0 Å². The second-order valence-electron chi connectivity index (χ2n) is 8.12. The van der Waals surface area contributed by atoms with Gasteiger partial charge in [0.15, 0.2) is 10.5 Å². The zero-order valence-corrected chi connectivity index (χ0v) is 18.2. The maximum Gasteiger partial charge on any atom is 0.244 e. The van der Waals surface area contributed by atoms with Gasteiger partial charge in [-0.1, -0.05) is 47.0 Å². The van der Waals surface area contributed by atoms with Crippen LogP contribution in [0.25, 0.3) is 27.9 Å². The number of rotatable bonds is 4. The number of piperidine rings is 1. The monoisotopic (exact) mass is 433 g/mol. The minimum atomic E-state index is -3.03. The highest BCUT2D eigenvalue weighted by atomic mass is 32.3. The summed E-state index contributed by atoms with van der Waals surface area (Å²) in [7, 11) is -3.03. The van der Waals surface area contributed by atoms with Crippen LogP contribution in [-0.4, -0.2) is 32.0 Å². The topological polar surface area (TPSA) is 79.5 Å². The summed E-state index contributed by atoms with van der Waals surface area (Å²) < 4.78 is 23.7. The molecule has 2 atom stereocenters. The molecule has 31 heavy (non-hydrogen) atoms. The highest BCUT2D eigenvalue weighted by molar-refractivity contribution is 7.97. The Bertz CT molecular complexity index is 1270. The second-order valence-corrected chi connectivity index (χ2v) is 10.2. The van der Waals surface area contributed by atoms with E-state index in [4.69, 9.17) is 0 Å². The maximum absolute atomic E-state index is 12.0. The summed E-state index contributed by atoms with van der Waals surface area (Å²) in [6.07, 6.45) is 10.6. The van der Waals surface area contributed by atoms with Crippen LogP contribution in [0.15, 0.2) is 72.0 Å². The predicted octanol–water partition coefficient (Wildman–Crippen LogP) is 4.84. The summed E-state index contributed by atoms with van der Waals surface area (Å²) in [6.45, 7) is 1.09. The second kappa shape index (κ2) is 8.00. The van der Waals surface area contributed by atoms with E-state index in [1.54, 1.807) is 28.9 Å². The predicted molar refractivity (Wildman–Crippen MR) is 123 cm³/mol. The molecule has 7 heteroatoms. The van der Waals surface area contributed by atoms with Crippen LogP contribution in [0.4, 0.5) is 0 Å². The smallest absolute Gasteiger partial charge is 0.244 e. The molecule has 158 valence electrons. The number of aromatic nitrogens is 3. The molecule has 0 saturated carbocycles. The number of hydrogen-bond donors (Lipinski definition) is 2. The number of benzene rings is 2. The van der Waals surface area contributed by atoms with Crippen LogP contribution in [0.5, 0.6) is 0 Å². The van der Waals surface area contributed by atoms with Gasteiger partial charge in [-0.3, -0.25) is 0 Å². The van der Waals surface area contributed by atoms with Gasteiger partial charge in [0.05, 0.1) is 6.20 Å². The van der Waals surface area contributed by atoms with Crippen LogP contribution < -0.4 is 5.32 Å². The lowest BCUT2D eigenvalue weighted by Crippen LogP contribution is -2.26. The van der Waals surface area contributed by atoms with Crippen molar-refractivity contribution in [1.82, 2.24) is 19.9 Å². The molecule has 0 aliphatic carbocycles. The minimum absolute atomic E-state index is 0.397. The molecule has 5 rings (SSSR count). The third kappa shape index (κ3) is 4.04. The van der Waals surface area contributed by atoms with Gasteiger partial charge in [-0.2, -0.15) is 9.65 Å². The first-order chi connectivity index (χ1) is 15.0. The van der Waals surface area contributed by atoms with E-state index < -0.39 is 10.2 Å². The highest BCUT2D eigenvalue weighted by Crippen LogP contribution is 2.29. The summed E-state index contributed by atoms with van der Waals surface area (Å²) in [5.41, 5.74) is 5.78. The average molecular weight is 434 g/mol. The number of nitrogens with one attached hydrogen (secondary N) is 1. The third-order valence-corrected chi connectivity index (χ3v) is 7.02. The third-order valence-electron chi connectivity index (χ3n) is 5.90. The normalized spacial score (nSPS) is 18.7. The van der Waals surface area contributed by atoms with E-state index in [0.29, 0.717) is 16.6 Å². The van der Waals surface area contributed by atoms with Crippen molar-refractivity contribution in [2.45, 2.75) is 30.2 Å². The van der Waals surface area contributed by atoms with E-state index >= 15 is 0 Å². The number of fused-ring (bicyclic) bond motifs is 1. The summed E-state index contributed by atoms with van der Waals surface area (Å²) in [5.74, 6) is 0. The quantitative estimate of drug-likeness (QED) is 0.450. The average Bonchev–Trinajstić information content (AvgIpc) is 3.23. The molecule has 4 aromatic rings. The molecule has 0 bridgehead atoms. The minimum Gasteiger partial charge on any atom is -0.310 e. The Balaban J connectivity index is 1.45. The van der Waals surface area contributed by atoms with Crippen molar-refractivity contribution in [3.8, 4) is 22.3 Å². The van der Waals surface area contributed by atoms with Crippen molar-refractivity contribution in [3.05, 3.63) is 72.7 Å². The molecular weight excluding hydrogens is 408 g/mol. The molecule has 0 radical (unpaired) electrons. The van der Waals surface area contributed by atoms with Gasteiger partial charge in [0.1, 0.15) is 6.26 Å². The first-order valence-corrected chi connectivity index (χ1v) is 12.4. The first-order valence-electron chi connectivity index (χ1n) is 10.5. The van der Waals surface area contributed by atoms with Crippen molar-refractivity contribution in [2.24, 2.45) is 0 Å². The van der Waals surface area contributed by atoms with Crippen molar-refractivity contribution < 1.29 is 8.76 Å². The van der Waals surface area contributed by atoms with Gasteiger partial charge in [0, 0.05) is 35.6 Å². The van der Waals surface area contributed by atoms with Crippen molar-refractivity contribution in [1.29, 1.82) is 0 Å². The molecule has 2 unspecified atom stereocenters. The largest absolute Gasteiger partial charge is 0.310 e. The zero-order valence-electron chi connectivity index (χ0n) is 17.4. The van der Waals surface area contributed by atoms with Crippen LogP contribution in [0.1, 0.15) is 30.9 Å². The summed E-state index contributed by atoms with van der Waals surface area (Å²) in [4.78, 5) is 5.05. The molecule has 0 amide bonds. The summed E-state index contributed by atoms with van der Waals surface area (Å²) >= 11 is 0. The van der Waals surface area contributed by atoms with Crippen LogP contribution in [0, 0.1) is 0 Å². The fourth-order valence-corrected chi connectivity index (χ4v) is 4.85. The summed E-state index contributed by atoms with van der Waals surface area (Å²) in [5, 5.41) is 8.06. The van der Waals surface area contributed by atoms with E-state index in [1.807, 2.05) is 18.5 Å². The number of nitrogens with zero attached hydrogens (tertiary/aromatic N) is 3. The molecule has 2 N–H and O–H groups in total. The number of hydrogen-bond acceptors (Lipinski definition) is 4. The molecule has 1 aliphatic rings. The molecule has 2 aromatic carbocycles. The highest BCUT2D eigenvalue weighted by Gasteiger charge is 2.22. The Morgan fingerprint density at radius 3 is 2.65 bits per heavy atom. The molecule has 0 spiro atoms. The van der Waals surface area contributed by atoms with E-state index in [0.717, 1.165) is 28.8 Å². The van der Waals surface area contributed by atoms with Gasteiger partial charge in [-0.05, 0) is 42.1 Å². The van der Waals surface area contributed by atoms with Crippen molar-refractivity contribution in [2.75, 3.05) is 12.8 Å². The van der Waals surface area contributed by atoms with Crippen LogP contribution in [0.2, 0.25) is 0 Å². The van der Waals surface area contributed by atoms with Gasteiger partial charge >= 0.3 is 0 Å². The van der Waals surface area contributed by atoms with Gasteiger partial charge < -0.3 is 5.32 Å². The SMILES string of the molecule is C[S+](=O)(O)c1cccc(-c2cnn3cc(-c4ccc(C5CCCCN5)cc4)cnc23)c1. The van der Waals surface area contributed by atoms with E-state index in [-0.39, 0.29) is 0 Å². The maximum atomic E-state index is 12.0. The van der Waals surface area contributed by atoms with Gasteiger partial charge in [-0.25, -0.2) is 9.50 Å². The zero-order chi connectivity index (χ0) is 21.4. The molecular formula is C24H25N4O2S+. The van der Waals surface area contributed by atoms with Gasteiger partial charge in [0.25, 0.3) is 0 Å². The standard InChI is InChI=1S/C24H24N4O2S/c1-31(29,30)21-6-4-5-19(13-21)22-15-27-28-16-20(14-26-24(22)28)17-8-10-18(11-9-17)23-7-2-3-12-25-23/h4-6,8-11,13-16,23,25H,2-3,7,12H2,1H3/p+1. The Kier molecular flexibility index (Phi) is 5.17. The Hall–Kier alpha value is -2.87. The van der Waals surface area contributed by atoms with Crippen LogP contribution in [0.3, 0.4) is 0 Å². The molecule has 1 aliphatic heterocycles. The van der Waals surface area contributed by atoms with Crippen molar-refractivity contribution >= 4 is 15.9 Å². The lowest BCUT2D eigenvalue weighted by atomic mass is 9.96. The van der Waals surface area contributed by atoms with E-state index in [1.165, 1.54) is 31.1 Å². The van der Waals surface area contributed by atoms with Gasteiger partial charge in [-0.15, -0.1) is 0 Å². The van der Waals surface area contributed by atoms with Crippen LogP contribution >= 0.6 is 0 Å². The van der Waals surface area contributed by atoms with Crippen LogP contribution in [-0.2, 0) is 14.4 Å².